The maximum atomic E-state index is 12.3. The first-order valence-electron chi connectivity index (χ1n) is 6.95. The van der Waals surface area contributed by atoms with Gasteiger partial charge in [-0.3, -0.25) is 14.5 Å². The van der Waals surface area contributed by atoms with Crippen molar-refractivity contribution >= 4 is 11.9 Å². The maximum Gasteiger partial charge on any atom is 0.303 e. The summed E-state index contributed by atoms with van der Waals surface area (Å²) in [6.45, 7) is 8.20. The van der Waals surface area contributed by atoms with E-state index in [-0.39, 0.29) is 12.3 Å². The van der Waals surface area contributed by atoms with Gasteiger partial charge in [-0.2, -0.15) is 0 Å². The third kappa shape index (κ3) is 4.82. The maximum absolute atomic E-state index is 12.3. The van der Waals surface area contributed by atoms with Gasteiger partial charge in [0.15, 0.2) is 0 Å². The molecule has 0 radical (unpaired) electrons. The molecule has 1 unspecified atom stereocenters. The monoisotopic (exact) mass is 270 g/mol. The lowest BCUT2D eigenvalue weighted by molar-refractivity contribution is -0.141. The molecule has 0 aromatic rings. The van der Waals surface area contributed by atoms with Crippen molar-refractivity contribution in [1.82, 2.24) is 9.80 Å². The molecule has 1 heterocycles. The zero-order valence-corrected chi connectivity index (χ0v) is 12.5. The van der Waals surface area contributed by atoms with E-state index in [0.717, 1.165) is 26.1 Å². The number of nitrogens with zero attached hydrogens (tertiary/aromatic N) is 2. The molecule has 0 aliphatic carbocycles. The number of carbonyl (C=O) groups excluding carboxylic acids is 1. The summed E-state index contributed by atoms with van der Waals surface area (Å²) in [5.74, 6) is -0.764. The van der Waals surface area contributed by atoms with Gasteiger partial charge in [0.05, 0.1) is 6.42 Å². The fourth-order valence-corrected chi connectivity index (χ4v) is 2.61. The van der Waals surface area contributed by atoms with E-state index in [1.165, 1.54) is 0 Å². The molecule has 0 aromatic carbocycles. The van der Waals surface area contributed by atoms with Gasteiger partial charge in [0.2, 0.25) is 5.91 Å². The van der Waals surface area contributed by atoms with Gasteiger partial charge in [-0.1, -0.05) is 20.8 Å². The van der Waals surface area contributed by atoms with Crippen molar-refractivity contribution in [1.29, 1.82) is 0 Å². The third-order valence-corrected chi connectivity index (χ3v) is 3.86. The second-order valence-corrected chi connectivity index (χ2v) is 6.29. The molecule has 1 N–H and O–H groups in total. The molecule has 0 saturated carbocycles. The van der Waals surface area contributed by atoms with Gasteiger partial charge in [0.25, 0.3) is 0 Å². The van der Waals surface area contributed by atoms with Crippen molar-refractivity contribution < 1.29 is 14.7 Å². The Morgan fingerprint density at radius 1 is 1.26 bits per heavy atom. The first kappa shape index (κ1) is 16.0. The number of hydrogen-bond donors (Lipinski definition) is 1. The molecule has 1 rings (SSSR count). The van der Waals surface area contributed by atoms with Gasteiger partial charge in [-0.15, -0.1) is 0 Å². The van der Waals surface area contributed by atoms with Crippen LogP contribution in [0, 0.1) is 5.41 Å². The summed E-state index contributed by atoms with van der Waals surface area (Å²) in [7, 11) is 2.09. The minimum atomic E-state index is -0.845. The van der Waals surface area contributed by atoms with Crippen LogP contribution in [0.1, 0.15) is 40.0 Å². The molecule has 19 heavy (non-hydrogen) atoms. The van der Waals surface area contributed by atoms with Crippen LogP contribution in [0.3, 0.4) is 0 Å². The first-order chi connectivity index (χ1) is 8.75. The highest BCUT2D eigenvalue weighted by molar-refractivity contribution is 5.78. The van der Waals surface area contributed by atoms with E-state index < -0.39 is 11.4 Å². The fourth-order valence-electron chi connectivity index (χ4n) is 2.61. The lowest BCUT2D eigenvalue weighted by Crippen LogP contribution is -2.53. The largest absolute Gasteiger partial charge is 0.481 e. The molecule has 1 aliphatic heterocycles. The van der Waals surface area contributed by atoms with Crippen LogP contribution in [0.4, 0.5) is 0 Å². The van der Waals surface area contributed by atoms with E-state index in [0.29, 0.717) is 12.5 Å². The van der Waals surface area contributed by atoms with Crippen LogP contribution in [0.25, 0.3) is 0 Å². The second-order valence-electron chi connectivity index (χ2n) is 6.29. The van der Waals surface area contributed by atoms with Crippen LogP contribution in [0.15, 0.2) is 0 Å². The minimum Gasteiger partial charge on any atom is -0.481 e. The summed E-state index contributed by atoms with van der Waals surface area (Å²) in [4.78, 5) is 27.2. The zero-order valence-electron chi connectivity index (χ0n) is 12.5. The minimum absolute atomic E-state index is 0.0314. The van der Waals surface area contributed by atoms with E-state index in [1.807, 2.05) is 18.7 Å². The lowest BCUT2D eigenvalue weighted by Gasteiger charge is -2.40. The van der Waals surface area contributed by atoms with Crippen molar-refractivity contribution in [2.24, 2.45) is 5.41 Å². The SMILES string of the molecule is CCC1CN(C(=O)CC(C)(C)CC(=O)O)CCN1C. The van der Waals surface area contributed by atoms with E-state index in [2.05, 4.69) is 18.9 Å². The Bertz CT molecular complexity index is 342. The fraction of sp³-hybridized carbons (Fsp3) is 0.857. The molecule has 0 bridgehead atoms. The highest BCUT2D eigenvalue weighted by Gasteiger charge is 2.31. The molecule has 5 heteroatoms. The van der Waals surface area contributed by atoms with Gasteiger partial charge in [-0.05, 0) is 18.9 Å². The quantitative estimate of drug-likeness (QED) is 0.821. The van der Waals surface area contributed by atoms with E-state index in [4.69, 9.17) is 5.11 Å². The number of carboxylic acid groups (broad SMARTS) is 1. The Morgan fingerprint density at radius 2 is 1.89 bits per heavy atom. The molecular formula is C14H26N2O3. The standard InChI is InChI=1S/C14H26N2O3/c1-5-11-10-16(7-6-15(11)4)12(17)8-14(2,3)9-13(18)19/h11H,5-10H2,1-4H3,(H,18,19). The Labute approximate surface area is 115 Å². The van der Waals surface area contributed by atoms with Crippen LogP contribution in [0.5, 0.6) is 0 Å². The van der Waals surface area contributed by atoms with Crippen LogP contribution < -0.4 is 0 Å². The highest BCUT2D eigenvalue weighted by Crippen LogP contribution is 2.26. The summed E-state index contributed by atoms with van der Waals surface area (Å²) < 4.78 is 0. The Morgan fingerprint density at radius 3 is 2.42 bits per heavy atom. The van der Waals surface area contributed by atoms with Gasteiger partial charge in [-0.25, -0.2) is 0 Å². The number of carbonyl (C=O) groups is 2. The second kappa shape index (κ2) is 6.37. The van der Waals surface area contributed by atoms with Crippen LogP contribution in [-0.2, 0) is 9.59 Å². The number of amides is 1. The molecule has 1 atom stereocenters. The predicted molar refractivity (Wildman–Crippen MR) is 73.9 cm³/mol. The van der Waals surface area contributed by atoms with Gasteiger partial charge in [0, 0.05) is 32.1 Å². The molecule has 1 aliphatic rings. The average Bonchev–Trinajstić information content (AvgIpc) is 2.26. The predicted octanol–water partition coefficient (Wildman–Crippen LogP) is 1.43. The van der Waals surface area contributed by atoms with Crippen LogP contribution in [0.2, 0.25) is 0 Å². The van der Waals surface area contributed by atoms with Crippen molar-refractivity contribution in [3.63, 3.8) is 0 Å². The Kier molecular flexibility index (Phi) is 5.35. The van der Waals surface area contributed by atoms with E-state index in [1.54, 1.807) is 0 Å². The van der Waals surface area contributed by atoms with E-state index in [9.17, 15) is 9.59 Å². The number of piperazine rings is 1. The molecule has 5 nitrogen and oxygen atoms in total. The normalized spacial score (nSPS) is 21.5. The van der Waals surface area contributed by atoms with Crippen molar-refractivity contribution in [3.05, 3.63) is 0 Å². The van der Waals surface area contributed by atoms with Gasteiger partial charge in [0.1, 0.15) is 0 Å². The number of hydrogen-bond acceptors (Lipinski definition) is 3. The Hall–Kier alpha value is -1.10. The summed E-state index contributed by atoms with van der Waals surface area (Å²) in [5, 5.41) is 8.86. The highest BCUT2D eigenvalue weighted by atomic mass is 16.4. The number of aliphatic carboxylic acids is 1. The Balaban J connectivity index is 2.56. The van der Waals surface area contributed by atoms with Crippen molar-refractivity contribution in [2.75, 3.05) is 26.7 Å². The van der Waals surface area contributed by atoms with Crippen molar-refractivity contribution in [3.8, 4) is 0 Å². The lowest BCUT2D eigenvalue weighted by atomic mass is 9.85. The molecular weight excluding hydrogens is 244 g/mol. The van der Waals surface area contributed by atoms with E-state index >= 15 is 0 Å². The molecule has 110 valence electrons. The van der Waals surface area contributed by atoms with Crippen molar-refractivity contribution in [2.45, 2.75) is 46.1 Å². The van der Waals surface area contributed by atoms with Gasteiger partial charge < -0.3 is 10.0 Å². The molecule has 0 spiro atoms. The smallest absolute Gasteiger partial charge is 0.303 e. The summed E-state index contributed by atoms with van der Waals surface area (Å²) >= 11 is 0. The molecule has 0 aromatic heterocycles. The summed E-state index contributed by atoms with van der Waals surface area (Å²) in [6.07, 6.45) is 1.36. The first-order valence-corrected chi connectivity index (χ1v) is 6.95. The number of rotatable bonds is 5. The topological polar surface area (TPSA) is 60.9 Å². The third-order valence-electron chi connectivity index (χ3n) is 3.86. The van der Waals surface area contributed by atoms with Crippen LogP contribution in [-0.4, -0.2) is 59.5 Å². The number of likely N-dealkylation sites (N-methyl/N-ethyl adjacent to an activating group) is 1. The summed E-state index contributed by atoms with van der Waals surface area (Å²) in [5.41, 5.74) is -0.478. The molecule has 1 saturated heterocycles. The summed E-state index contributed by atoms with van der Waals surface area (Å²) in [6, 6.07) is 0.417. The van der Waals surface area contributed by atoms with Crippen LogP contribution >= 0.6 is 0 Å². The molecule has 1 fully saturated rings. The zero-order chi connectivity index (χ0) is 14.6. The molecule has 1 amide bonds. The number of carboxylic acids is 1. The van der Waals surface area contributed by atoms with Gasteiger partial charge >= 0.3 is 5.97 Å². The average molecular weight is 270 g/mol.